The van der Waals surface area contributed by atoms with E-state index in [0.717, 1.165) is 25.9 Å². The van der Waals surface area contributed by atoms with Crippen molar-refractivity contribution in [2.75, 3.05) is 25.5 Å². The molecule has 1 aliphatic heterocycles. The number of halogens is 1. The van der Waals surface area contributed by atoms with Gasteiger partial charge in [0.15, 0.2) is 0 Å². The van der Waals surface area contributed by atoms with Gasteiger partial charge in [-0.3, -0.25) is 4.79 Å². The Labute approximate surface area is 150 Å². The lowest BCUT2D eigenvalue weighted by Crippen LogP contribution is -2.28. The van der Waals surface area contributed by atoms with Gasteiger partial charge in [0, 0.05) is 19.2 Å². The van der Waals surface area contributed by atoms with Crippen molar-refractivity contribution in [2.24, 2.45) is 0 Å². The number of likely N-dealkylation sites (tertiary alicyclic amines) is 1. The van der Waals surface area contributed by atoms with Crippen LogP contribution in [0, 0.1) is 0 Å². The Bertz CT molecular complexity index is 806. The topological polar surface area (TPSA) is 84.4 Å². The van der Waals surface area contributed by atoms with Crippen molar-refractivity contribution in [3.63, 3.8) is 0 Å². The molecule has 0 atom stereocenters. The van der Waals surface area contributed by atoms with Gasteiger partial charge >= 0.3 is 5.97 Å². The molecular weight excluding hydrogens is 344 g/mol. The van der Waals surface area contributed by atoms with Crippen LogP contribution in [0.4, 0.5) is 11.5 Å². The van der Waals surface area contributed by atoms with Crippen LogP contribution < -0.4 is 5.32 Å². The number of hydrogen-bond acceptors (Lipinski definition) is 6. The number of rotatable bonds is 4. The predicted octanol–water partition coefficient (Wildman–Crippen LogP) is 2.90. The fraction of sp³-hybridized carbons (Fsp3) is 0.294. The summed E-state index contributed by atoms with van der Waals surface area (Å²) >= 11 is 6.17. The number of carbonyl (C=O) groups is 2. The summed E-state index contributed by atoms with van der Waals surface area (Å²) in [6, 6.07) is 6.30. The van der Waals surface area contributed by atoms with E-state index in [1.807, 2.05) is 0 Å². The predicted molar refractivity (Wildman–Crippen MR) is 93.2 cm³/mol. The molecule has 0 unspecified atom stereocenters. The first-order chi connectivity index (χ1) is 12.1. The average Bonchev–Trinajstić information content (AvgIpc) is 3.17. The zero-order valence-corrected chi connectivity index (χ0v) is 14.4. The standard InChI is InChI=1S/C17H17ClN4O3/c1-25-17(24)11-4-5-12(18)13(8-11)21-15-9-14(19-10-20-15)16(23)22-6-2-3-7-22/h4-5,8-10H,2-3,6-7H2,1H3,(H,19,20,21). The van der Waals surface area contributed by atoms with Crippen LogP contribution in [0.1, 0.15) is 33.7 Å². The summed E-state index contributed by atoms with van der Waals surface area (Å²) in [5.74, 6) is -0.161. The van der Waals surface area contributed by atoms with Gasteiger partial charge in [-0.1, -0.05) is 11.6 Å². The number of carbonyl (C=O) groups excluding carboxylic acids is 2. The lowest BCUT2D eigenvalue weighted by atomic mass is 10.2. The molecule has 7 nitrogen and oxygen atoms in total. The molecule has 1 amide bonds. The van der Waals surface area contributed by atoms with Crippen LogP contribution in [0.2, 0.25) is 5.02 Å². The molecule has 0 saturated carbocycles. The summed E-state index contributed by atoms with van der Waals surface area (Å²) in [4.78, 5) is 34.0. The fourth-order valence-electron chi connectivity index (χ4n) is 2.63. The second kappa shape index (κ2) is 7.48. The fourth-order valence-corrected chi connectivity index (χ4v) is 2.79. The Morgan fingerprint density at radius 1 is 1.20 bits per heavy atom. The van der Waals surface area contributed by atoms with Crippen molar-refractivity contribution in [3.05, 3.63) is 46.9 Å². The average molecular weight is 361 g/mol. The largest absolute Gasteiger partial charge is 0.465 e. The van der Waals surface area contributed by atoms with E-state index in [1.54, 1.807) is 29.2 Å². The van der Waals surface area contributed by atoms with E-state index >= 15 is 0 Å². The first kappa shape index (κ1) is 17.2. The third-order valence-corrected chi connectivity index (χ3v) is 4.26. The highest BCUT2D eigenvalue weighted by Gasteiger charge is 2.21. The van der Waals surface area contributed by atoms with Crippen LogP contribution in [0.3, 0.4) is 0 Å². The molecule has 1 fully saturated rings. The Balaban J connectivity index is 1.82. The highest BCUT2D eigenvalue weighted by Crippen LogP contribution is 2.26. The van der Waals surface area contributed by atoms with Crippen LogP contribution in [0.5, 0.6) is 0 Å². The minimum atomic E-state index is -0.465. The third kappa shape index (κ3) is 3.88. The third-order valence-electron chi connectivity index (χ3n) is 3.93. The number of nitrogens with zero attached hydrogens (tertiary/aromatic N) is 3. The van der Waals surface area contributed by atoms with Crippen molar-refractivity contribution < 1.29 is 14.3 Å². The molecule has 1 N–H and O–H groups in total. The van der Waals surface area contributed by atoms with Crippen LogP contribution >= 0.6 is 11.6 Å². The van der Waals surface area contributed by atoms with Crippen LogP contribution in [0.25, 0.3) is 0 Å². The molecule has 1 aliphatic rings. The molecule has 1 aromatic carbocycles. The van der Waals surface area contributed by atoms with E-state index in [-0.39, 0.29) is 5.91 Å². The molecule has 1 aromatic heterocycles. The van der Waals surface area contributed by atoms with E-state index in [2.05, 4.69) is 15.3 Å². The maximum Gasteiger partial charge on any atom is 0.337 e. The lowest BCUT2D eigenvalue weighted by Gasteiger charge is -2.15. The number of aromatic nitrogens is 2. The van der Waals surface area contributed by atoms with Gasteiger partial charge in [0.25, 0.3) is 5.91 Å². The van der Waals surface area contributed by atoms with Crippen molar-refractivity contribution in [3.8, 4) is 0 Å². The van der Waals surface area contributed by atoms with Gasteiger partial charge in [-0.05, 0) is 31.0 Å². The maximum atomic E-state index is 12.4. The van der Waals surface area contributed by atoms with E-state index in [1.165, 1.54) is 13.4 Å². The Hall–Kier alpha value is -2.67. The Morgan fingerprint density at radius 3 is 2.68 bits per heavy atom. The number of nitrogens with one attached hydrogen (secondary N) is 1. The van der Waals surface area contributed by atoms with E-state index in [4.69, 9.17) is 16.3 Å². The number of benzene rings is 1. The van der Waals surface area contributed by atoms with Crippen LogP contribution in [0.15, 0.2) is 30.6 Å². The molecule has 3 rings (SSSR count). The van der Waals surface area contributed by atoms with Gasteiger partial charge < -0.3 is 15.0 Å². The smallest absolute Gasteiger partial charge is 0.337 e. The number of amides is 1. The molecule has 130 valence electrons. The molecule has 25 heavy (non-hydrogen) atoms. The highest BCUT2D eigenvalue weighted by atomic mass is 35.5. The molecule has 0 bridgehead atoms. The number of esters is 1. The molecule has 2 heterocycles. The van der Waals surface area contributed by atoms with Crippen molar-refractivity contribution in [2.45, 2.75) is 12.8 Å². The quantitative estimate of drug-likeness (QED) is 0.844. The summed E-state index contributed by atoms with van der Waals surface area (Å²) in [5.41, 5.74) is 1.17. The summed E-state index contributed by atoms with van der Waals surface area (Å²) in [6.45, 7) is 1.50. The first-order valence-corrected chi connectivity index (χ1v) is 8.22. The van der Waals surface area contributed by atoms with Crippen molar-refractivity contribution >= 4 is 35.0 Å². The molecule has 0 aliphatic carbocycles. The second-order valence-electron chi connectivity index (χ2n) is 5.60. The second-order valence-corrected chi connectivity index (χ2v) is 6.01. The molecule has 0 radical (unpaired) electrons. The zero-order chi connectivity index (χ0) is 17.8. The Morgan fingerprint density at radius 2 is 1.96 bits per heavy atom. The minimum absolute atomic E-state index is 0.114. The summed E-state index contributed by atoms with van der Waals surface area (Å²) in [7, 11) is 1.31. The van der Waals surface area contributed by atoms with Gasteiger partial charge in [0.2, 0.25) is 0 Å². The lowest BCUT2D eigenvalue weighted by molar-refractivity contribution is 0.0600. The number of ether oxygens (including phenoxy) is 1. The zero-order valence-electron chi connectivity index (χ0n) is 13.7. The molecule has 2 aromatic rings. The monoisotopic (exact) mass is 360 g/mol. The number of hydrogen-bond donors (Lipinski definition) is 1. The van der Waals surface area contributed by atoms with Gasteiger partial charge in [-0.2, -0.15) is 0 Å². The van der Waals surface area contributed by atoms with Gasteiger partial charge in [0.1, 0.15) is 17.8 Å². The van der Waals surface area contributed by atoms with E-state index in [0.29, 0.717) is 27.8 Å². The minimum Gasteiger partial charge on any atom is -0.465 e. The van der Waals surface area contributed by atoms with Gasteiger partial charge in [0.05, 0.1) is 23.4 Å². The normalized spacial score (nSPS) is 13.6. The number of anilines is 2. The van der Waals surface area contributed by atoms with Crippen LogP contribution in [-0.4, -0.2) is 46.9 Å². The summed E-state index contributed by atoms with van der Waals surface area (Å²) < 4.78 is 4.70. The van der Waals surface area contributed by atoms with Gasteiger partial charge in [-0.15, -0.1) is 0 Å². The first-order valence-electron chi connectivity index (χ1n) is 7.84. The molecule has 8 heteroatoms. The highest BCUT2D eigenvalue weighted by molar-refractivity contribution is 6.33. The van der Waals surface area contributed by atoms with E-state index in [9.17, 15) is 9.59 Å². The summed E-state index contributed by atoms with van der Waals surface area (Å²) in [5, 5.41) is 3.43. The summed E-state index contributed by atoms with van der Waals surface area (Å²) in [6.07, 6.45) is 3.35. The molecule has 0 spiro atoms. The SMILES string of the molecule is COC(=O)c1ccc(Cl)c(Nc2cc(C(=O)N3CCCC3)ncn2)c1. The Kier molecular flexibility index (Phi) is 5.14. The maximum absolute atomic E-state index is 12.4. The van der Waals surface area contributed by atoms with Crippen LogP contribution in [-0.2, 0) is 4.74 Å². The van der Waals surface area contributed by atoms with Crippen molar-refractivity contribution in [1.29, 1.82) is 0 Å². The van der Waals surface area contributed by atoms with Crippen molar-refractivity contribution in [1.82, 2.24) is 14.9 Å². The van der Waals surface area contributed by atoms with Gasteiger partial charge in [-0.25, -0.2) is 14.8 Å². The number of methoxy groups -OCH3 is 1. The molecular formula is C17H17ClN4O3. The molecule has 1 saturated heterocycles. The van der Waals surface area contributed by atoms with E-state index < -0.39 is 5.97 Å².